The predicted octanol–water partition coefficient (Wildman–Crippen LogP) is 9.94. The van der Waals surface area contributed by atoms with Gasteiger partial charge in [0.2, 0.25) is 0 Å². The van der Waals surface area contributed by atoms with Crippen LogP contribution in [0, 0.1) is 0 Å². The van der Waals surface area contributed by atoms with Crippen LogP contribution in [-0.4, -0.2) is 35.7 Å². The number of nitrogens with zero attached hydrogens (tertiary/aromatic N) is 2. The molecule has 1 aliphatic rings. The van der Waals surface area contributed by atoms with Gasteiger partial charge < -0.3 is 18.8 Å². The lowest BCUT2D eigenvalue weighted by Gasteiger charge is -2.26. The second-order valence-corrected chi connectivity index (χ2v) is 12.9. The average molecular weight is 651 g/mol. The SMILES string of the molecule is CCc1c(-c2ccc(OCc3ccccc3)cc2)n(Cc2ccc(OCCN3CCCCC3)cc2)c2ccc(OCc3ccccc3)cc12. The van der Waals surface area contributed by atoms with E-state index in [1.54, 1.807) is 0 Å². The molecule has 49 heavy (non-hydrogen) atoms. The number of aryl methyl sites for hydroxylation is 1. The van der Waals surface area contributed by atoms with Crippen LogP contribution in [0.2, 0.25) is 0 Å². The van der Waals surface area contributed by atoms with E-state index in [4.69, 9.17) is 14.2 Å². The Morgan fingerprint density at radius 1 is 0.571 bits per heavy atom. The molecule has 1 saturated heterocycles. The third kappa shape index (κ3) is 8.18. The molecule has 0 N–H and O–H groups in total. The minimum Gasteiger partial charge on any atom is -0.492 e. The molecule has 6 aromatic rings. The number of rotatable bonds is 14. The third-order valence-electron chi connectivity index (χ3n) is 9.51. The van der Waals surface area contributed by atoms with Crippen LogP contribution in [0.25, 0.3) is 22.2 Å². The minimum atomic E-state index is 0.540. The monoisotopic (exact) mass is 650 g/mol. The number of benzene rings is 5. The summed E-state index contributed by atoms with van der Waals surface area (Å²) in [6, 6.07) is 44.4. The highest BCUT2D eigenvalue weighted by molar-refractivity contribution is 5.93. The fraction of sp³-hybridized carbons (Fsp3) is 0.273. The van der Waals surface area contributed by atoms with E-state index >= 15 is 0 Å². The van der Waals surface area contributed by atoms with Crippen LogP contribution in [0.3, 0.4) is 0 Å². The Bertz CT molecular complexity index is 1910. The Balaban J connectivity index is 1.15. The van der Waals surface area contributed by atoms with Gasteiger partial charge in [-0.25, -0.2) is 0 Å². The molecule has 0 aliphatic carbocycles. The van der Waals surface area contributed by atoms with Crippen molar-refractivity contribution in [2.24, 2.45) is 0 Å². The Labute approximate surface area is 290 Å². The van der Waals surface area contributed by atoms with Gasteiger partial charge in [0.25, 0.3) is 0 Å². The molecule has 5 heteroatoms. The van der Waals surface area contributed by atoms with Crippen molar-refractivity contribution in [3.05, 3.63) is 150 Å². The molecule has 5 aromatic carbocycles. The van der Waals surface area contributed by atoms with Crippen LogP contribution < -0.4 is 14.2 Å². The number of ether oxygens (including phenoxy) is 3. The molecule has 5 nitrogen and oxygen atoms in total. The smallest absolute Gasteiger partial charge is 0.120 e. The first kappa shape index (κ1) is 32.5. The maximum absolute atomic E-state index is 6.29. The molecule has 0 amide bonds. The number of hydrogen-bond acceptors (Lipinski definition) is 4. The van der Waals surface area contributed by atoms with Crippen molar-refractivity contribution in [3.63, 3.8) is 0 Å². The van der Waals surface area contributed by atoms with Gasteiger partial charge in [0, 0.05) is 24.0 Å². The molecule has 0 saturated carbocycles. The molecule has 0 bridgehead atoms. The first-order valence-corrected chi connectivity index (χ1v) is 17.8. The van der Waals surface area contributed by atoms with E-state index in [9.17, 15) is 0 Å². The molecular weight excluding hydrogens is 604 g/mol. The summed E-state index contributed by atoms with van der Waals surface area (Å²) in [5.74, 6) is 2.67. The van der Waals surface area contributed by atoms with Gasteiger partial charge in [0.1, 0.15) is 37.1 Å². The number of fused-ring (bicyclic) bond motifs is 1. The zero-order valence-electron chi connectivity index (χ0n) is 28.5. The quantitative estimate of drug-likeness (QED) is 0.118. The Morgan fingerprint density at radius 3 is 1.82 bits per heavy atom. The van der Waals surface area contributed by atoms with E-state index in [0.717, 1.165) is 54.5 Å². The van der Waals surface area contributed by atoms with Gasteiger partial charge in [-0.05, 0) is 115 Å². The van der Waals surface area contributed by atoms with E-state index in [1.165, 1.54) is 65.6 Å². The van der Waals surface area contributed by atoms with Gasteiger partial charge in [-0.15, -0.1) is 0 Å². The van der Waals surface area contributed by atoms with Crippen molar-refractivity contribution >= 4 is 10.9 Å². The van der Waals surface area contributed by atoms with Crippen LogP contribution in [0.15, 0.2) is 127 Å². The molecule has 0 unspecified atom stereocenters. The molecule has 2 heterocycles. The van der Waals surface area contributed by atoms with Gasteiger partial charge in [-0.2, -0.15) is 0 Å². The van der Waals surface area contributed by atoms with Crippen molar-refractivity contribution in [1.29, 1.82) is 0 Å². The Morgan fingerprint density at radius 2 is 1.16 bits per heavy atom. The largest absolute Gasteiger partial charge is 0.492 e. The second kappa shape index (κ2) is 15.9. The standard InChI is InChI=1S/C44H46N2O3/c1-2-41-42-30-40(49-33-36-14-8-4-9-15-36)24-25-43(42)46(31-34-16-20-38(21-17-34)47-29-28-45-26-10-5-11-27-45)44(41)37-18-22-39(23-19-37)48-32-35-12-6-3-7-13-35/h3-4,6-9,12-25,30H,2,5,10-11,26-29,31-33H2,1H3. The van der Waals surface area contributed by atoms with Gasteiger partial charge in [-0.3, -0.25) is 4.90 Å². The maximum Gasteiger partial charge on any atom is 0.120 e. The molecule has 0 radical (unpaired) electrons. The van der Waals surface area contributed by atoms with Crippen molar-refractivity contribution in [2.75, 3.05) is 26.2 Å². The highest BCUT2D eigenvalue weighted by atomic mass is 16.5. The molecule has 250 valence electrons. The predicted molar refractivity (Wildman–Crippen MR) is 200 cm³/mol. The lowest BCUT2D eigenvalue weighted by atomic mass is 10.0. The van der Waals surface area contributed by atoms with E-state index in [2.05, 4.69) is 120 Å². The Kier molecular flexibility index (Phi) is 10.6. The number of hydrogen-bond donors (Lipinski definition) is 0. The van der Waals surface area contributed by atoms with Gasteiger partial charge in [0.05, 0.1) is 5.69 Å². The van der Waals surface area contributed by atoms with E-state index < -0.39 is 0 Å². The normalized spacial score (nSPS) is 13.4. The van der Waals surface area contributed by atoms with Crippen molar-refractivity contribution < 1.29 is 14.2 Å². The summed E-state index contributed by atoms with van der Waals surface area (Å²) in [5.41, 5.74) is 8.46. The first-order valence-electron chi connectivity index (χ1n) is 17.8. The topological polar surface area (TPSA) is 35.9 Å². The van der Waals surface area contributed by atoms with Crippen LogP contribution in [-0.2, 0) is 26.2 Å². The number of piperidine rings is 1. The minimum absolute atomic E-state index is 0.540. The van der Waals surface area contributed by atoms with Crippen LogP contribution >= 0.6 is 0 Å². The summed E-state index contributed by atoms with van der Waals surface area (Å²) < 4.78 is 21.0. The van der Waals surface area contributed by atoms with E-state index in [1.807, 2.05) is 24.3 Å². The highest BCUT2D eigenvalue weighted by Crippen LogP contribution is 2.38. The van der Waals surface area contributed by atoms with Gasteiger partial charge in [0.15, 0.2) is 0 Å². The zero-order valence-corrected chi connectivity index (χ0v) is 28.5. The van der Waals surface area contributed by atoms with Crippen molar-refractivity contribution in [3.8, 4) is 28.5 Å². The summed E-state index contributed by atoms with van der Waals surface area (Å²) >= 11 is 0. The average Bonchev–Trinajstić information content (AvgIpc) is 3.47. The zero-order chi connectivity index (χ0) is 33.3. The van der Waals surface area contributed by atoms with E-state index in [-0.39, 0.29) is 0 Å². The second-order valence-electron chi connectivity index (χ2n) is 12.9. The van der Waals surface area contributed by atoms with Gasteiger partial charge in [-0.1, -0.05) is 86.1 Å². The van der Waals surface area contributed by atoms with Crippen molar-refractivity contribution in [1.82, 2.24) is 9.47 Å². The summed E-state index contributed by atoms with van der Waals surface area (Å²) in [4.78, 5) is 2.52. The van der Waals surface area contributed by atoms with Crippen LogP contribution in [0.4, 0.5) is 0 Å². The summed E-state index contributed by atoms with van der Waals surface area (Å²) in [5, 5.41) is 1.23. The van der Waals surface area contributed by atoms with Gasteiger partial charge >= 0.3 is 0 Å². The number of likely N-dealkylation sites (tertiary alicyclic amines) is 1. The molecule has 7 rings (SSSR count). The molecule has 1 aliphatic heterocycles. The molecular formula is C44H46N2O3. The summed E-state index contributed by atoms with van der Waals surface area (Å²) in [7, 11) is 0. The number of aromatic nitrogens is 1. The maximum atomic E-state index is 6.29. The Hall–Kier alpha value is -5.00. The molecule has 1 fully saturated rings. The van der Waals surface area contributed by atoms with Crippen LogP contribution in [0.5, 0.6) is 17.2 Å². The lowest BCUT2D eigenvalue weighted by molar-refractivity contribution is 0.183. The first-order chi connectivity index (χ1) is 24.2. The third-order valence-corrected chi connectivity index (χ3v) is 9.51. The highest BCUT2D eigenvalue weighted by Gasteiger charge is 2.19. The lowest BCUT2D eigenvalue weighted by Crippen LogP contribution is -2.33. The summed E-state index contributed by atoms with van der Waals surface area (Å²) in [6.07, 6.45) is 4.86. The van der Waals surface area contributed by atoms with Crippen LogP contribution in [0.1, 0.15) is 48.4 Å². The summed E-state index contributed by atoms with van der Waals surface area (Å²) in [6.45, 7) is 8.18. The molecule has 0 atom stereocenters. The van der Waals surface area contributed by atoms with E-state index in [0.29, 0.717) is 13.2 Å². The fourth-order valence-electron chi connectivity index (χ4n) is 6.89. The van der Waals surface area contributed by atoms with Crippen molar-refractivity contribution in [2.45, 2.75) is 52.4 Å². The molecule has 1 aromatic heterocycles. The molecule has 0 spiro atoms. The fourth-order valence-corrected chi connectivity index (χ4v) is 6.89.